The summed E-state index contributed by atoms with van der Waals surface area (Å²) in [6, 6.07) is 3.97. The SMILES string of the molecule is COCCNCC(=O)NCc1ccc(Br)s1.Cl. The van der Waals surface area contributed by atoms with Gasteiger partial charge in [-0.3, -0.25) is 4.79 Å². The molecule has 0 aliphatic rings. The van der Waals surface area contributed by atoms with Crippen molar-refractivity contribution in [1.29, 1.82) is 0 Å². The van der Waals surface area contributed by atoms with Crippen molar-refractivity contribution in [3.63, 3.8) is 0 Å². The van der Waals surface area contributed by atoms with E-state index in [0.29, 0.717) is 26.2 Å². The summed E-state index contributed by atoms with van der Waals surface area (Å²) in [7, 11) is 1.64. The lowest BCUT2D eigenvalue weighted by Crippen LogP contribution is -2.34. The fraction of sp³-hybridized carbons (Fsp3) is 0.500. The van der Waals surface area contributed by atoms with Crippen LogP contribution in [0.2, 0.25) is 0 Å². The van der Waals surface area contributed by atoms with E-state index in [0.717, 1.165) is 8.66 Å². The van der Waals surface area contributed by atoms with E-state index in [-0.39, 0.29) is 18.3 Å². The normalized spacial score (nSPS) is 9.76. The van der Waals surface area contributed by atoms with Gasteiger partial charge in [0, 0.05) is 18.5 Å². The Morgan fingerprint density at radius 3 is 2.88 bits per heavy atom. The highest BCUT2D eigenvalue weighted by Gasteiger charge is 2.02. The first-order valence-electron chi connectivity index (χ1n) is 4.93. The first-order valence-corrected chi connectivity index (χ1v) is 6.54. The molecule has 0 spiro atoms. The predicted molar refractivity (Wildman–Crippen MR) is 75.9 cm³/mol. The summed E-state index contributed by atoms with van der Waals surface area (Å²) < 4.78 is 5.94. The summed E-state index contributed by atoms with van der Waals surface area (Å²) in [5.41, 5.74) is 0. The van der Waals surface area contributed by atoms with Gasteiger partial charge < -0.3 is 15.4 Å². The summed E-state index contributed by atoms with van der Waals surface area (Å²) in [5, 5.41) is 5.82. The summed E-state index contributed by atoms with van der Waals surface area (Å²) in [4.78, 5) is 12.5. The Balaban J connectivity index is 0.00000256. The van der Waals surface area contributed by atoms with E-state index in [9.17, 15) is 4.79 Å². The zero-order chi connectivity index (χ0) is 11.8. The second-order valence-corrected chi connectivity index (χ2v) is 5.70. The van der Waals surface area contributed by atoms with E-state index in [4.69, 9.17) is 4.74 Å². The van der Waals surface area contributed by atoms with Crippen molar-refractivity contribution in [3.8, 4) is 0 Å². The monoisotopic (exact) mass is 342 g/mol. The second-order valence-electron chi connectivity index (χ2n) is 3.15. The van der Waals surface area contributed by atoms with E-state index in [1.165, 1.54) is 0 Å². The summed E-state index contributed by atoms with van der Waals surface area (Å²) in [5.74, 6) is 0.000579. The predicted octanol–water partition coefficient (Wildman–Crippen LogP) is 1.78. The highest BCUT2D eigenvalue weighted by atomic mass is 79.9. The van der Waals surface area contributed by atoms with Gasteiger partial charge in [0.25, 0.3) is 0 Å². The topological polar surface area (TPSA) is 50.4 Å². The molecule has 4 nitrogen and oxygen atoms in total. The van der Waals surface area contributed by atoms with Gasteiger partial charge in [-0.2, -0.15) is 0 Å². The molecule has 0 unspecified atom stereocenters. The summed E-state index contributed by atoms with van der Waals surface area (Å²) in [6.07, 6.45) is 0. The molecule has 0 bridgehead atoms. The lowest BCUT2D eigenvalue weighted by molar-refractivity contribution is -0.120. The first kappa shape index (κ1) is 16.9. The molecular formula is C10H16BrClN2O2S. The molecule has 1 amide bonds. The Hall–Kier alpha value is -0.140. The van der Waals surface area contributed by atoms with E-state index < -0.39 is 0 Å². The molecule has 0 saturated heterocycles. The third-order valence-corrected chi connectivity index (χ3v) is 3.48. The van der Waals surface area contributed by atoms with Crippen LogP contribution in [-0.4, -0.2) is 32.7 Å². The van der Waals surface area contributed by atoms with E-state index in [1.54, 1.807) is 18.4 Å². The average molecular weight is 344 g/mol. The molecule has 7 heteroatoms. The van der Waals surface area contributed by atoms with Crippen LogP contribution in [0.15, 0.2) is 15.9 Å². The third kappa shape index (κ3) is 7.72. The zero-order valence-corrected chi connectivity index (χ0v) is 12.7. The fourth-order valence-corrected chi connectivity index (χ4v) is 2.49. The van der Waals surface area contributed by atoms with Gasteiger partial charge in [-0.25, -0.2) is 0 Å². The van der Waals surface area contributed by atoms with Crippen LogP contribution in [0.5, 0.6) is 0 Å². The number of amides is 1. The van der Waals surface area contributed by atoms with Gasteiger partial charge in [0.1, 0.15) is 0 Å². The fourth-order valence-electron chi connectivity index (χ4n) is 1.07. The van der Waals surface area contributed by atoms with Gasteiger partial charge in [0.05, 0.1) is 23.5 Å². The number of ether oxygens (including phenoxy) is 1. The van der Waals surface area contributed by atoms with E-state index in [1.807, 2.05) is 12.1 Å². The maximum absolute atomic E-state index is 11.4. The van der Waals surface area contributed by atoms with Crippen LogP contribution in [-0.2, 0) is 16.1 Å². The van der Waals surface area contributed by atoms with Crippen molar-refractivity contribution in [3.05, 3.63) is 20.8 Å². The van der Waals surface area contributed by atoms with Crippen molar-refractivity contribution in [1.82, 2.24) is 10.6 Å². The van der Waals surface area contributed by atoms with Crippen molar-refractivity contribution in [2.75, 3.05) is 26.8 Å². The van der Waals surface area contributed by atoms with Crippen LogP contribution >= 0.6 is 39.7 Å². The van der Waals surface area contributed by atoms with Crippen LogP contribution in [0.25, 0.3) is 0 Å². The lowest BCUT2D eigenvalue weighted by atomic mass is 10.4. The molecule has 1 aromatic heterocycles. The van der Waals surface area contributed by atoms with Gasteiger partial charge in [0.2, 0.25) is 5.91 Å². The molecule has 17 heavy (non-hydrogen) atoms. The molecule has 0 aromatic carbocycles. The van der Waals surface area contributed by atoms with Crippen molar-refractivity contribution >= 4 is 45.6 Å². The highest BCUT2D eigenvalue weighted by Crippen LogP contribution is 2.21. The Bertz CT molecular complexity index is 336. The number of carbonyl (C=O) groups is 1. The van der Waals surface area contributed by atoms with Gasteiger partial charge in [-0.15, -0.1) is 23.7 Å². The largest absolute Gasteiger partial charge is 0.383 e. The minimum absolute atomic E-state index is 0. The number of hydrogen-bond donors (Lipinski definition) is 2. The molecule has 98 valence electrons. The van der Waals surface area contributed by atoms with Gasteiger partial charge in [-0.1, -0.05) is 0 Å². The minimum atomic E-state index is 0. The first-order chi connectivity index (χ1) is 7.72. The van der Waals surface area contributed by atoms with Gasteiger partial charge in [-0.05, 0) is 28.1 Å². The minimum Gasteiger partial charge on any atom is -0.383 e. The van der Waals surface area contributed by atoms with Crippen LogP contribution < -0.4 is 10.6 Å². The number of thiophene rings is 1. The number of methoxy groups -OCH3 is 1. The molecule has 0 aliphatic heterocycles. The zero-order valence-electron chi connectivity index (χ0n) is 9.49. The number of rotatable bonds is 7. The smallest absolute Gasteiger partial charge is 0.234 e. The van der Waals surface area contributed by atoms with Crippen LogP contribution in [0, 0.1) is 0 Å². The number of hydrogen-bond acceptors (Lipinski definition) is 4. The van der Waals surface area contributed by atoms with Gasteiger partial charge >= 0.3 is 0 Å². The molecule has 0 fully saturated rings. The molecule has 0 aliphatic carbocycles. The maximum atomic E-state index is 11.4. The Morgan fingerprint density at radius 2 is 2.29 bits per heavy atom. The molecule has 1 heterocycles. The Kier molecular flexibility index (Phi) is 9.76. The van der Waals surface area contributed by atoms with Gasteiger partial charge in [0.15, 0.2) is 0 Å². The van der Waals surface area contributed by atoms with Crippen LogP contribution in [0.4, 0.5) is 0 Å². The number of nitrogens with one attached hydrogen (secondary N) is 2. The van der Waals surface area contributed by atoms with Crippen molar-refractivity contribution < 1.29 is 9.53 Å². The Labute approximate surface area is 120 Å². The number of carbonyl (C=O) groups excluding carboxylic acids is 1. The second kappa shape index (κ2) is 9.85. The highest BCUT2D eigenvalue weighted by molar-refractivity contribution is 9.11. The third-order valence-electron chi connectivity index (χ3n) is 1.86. The summed E-state index contributed by atoms with van der Waals surface area (Å²) >= 11 is 5.00. The maximum Gasteiger partial charge on any atom is 0.234 e. The molecule has 1 rings (SSSR count). The average Bonchev–Trinajstić information content (AvgIpc) is 2.68. The molecular weight excluding hydrogens is 328 g/mol. The molecule has 2 N–H and O–H groups in total. The molecule has 0 atom stereocenters. The van der Waals surface area contributed by atoms with E-state index in [2.05, 4.69) is 26.6 Å². The number of halogens is 2. The quantitative estimate of drug-likeness (QED) is 0.742. The van der Waals surface area contributed by atoms with E-state index >= 15 is 0 Å². The summed E-state index contributed by atoms with van der Waals surface area (Å²) in [6.45, 7) is 2.22. The van der Waals surface area contributed by atoms with Crippen LogP contribution in [0.3, 0.4) is 0 Å². The lowest BCUT2D eigenvalue weighted by Gasteiger charge is -2.05. The Morgan fingerprint density at radius 1 is 1.53 bits per heavy atom. The molecule has 1 aromatic rings. The van der Waals surface area contributed by atoms with Crippen molar-refractivity contribution in [2.24, 2.45) is 0 Å². The standard InChI is InChI=1S/C10H15BrN2O2S.ClH/c1-15-5-4-12-7-10(14)13-6-8-2-3-9(11)16-8;/h2-3,12H,4-7H2,1H3,(H,13,14);1H. The molecule has 0 radical (unpaired) electrons. The van der Waals surface area contributed by atoms with Crippen molar-refractivity contribution in [2.45, 2.75) is 6.54 Å². The van der Waals surface area contributed by atoms with Crippen LogP contribution in [0.1, 0.15) is 4.88 Å². The molecule has 0 saturated carbocycles.